The minimum atomic E-state index is -2.92. The molecule has 0 heterocycles. The van der Waals surface area contributed by atoms with Crippen LogP contribution in [0.25, 0.3) is 0 Å². The van der Waals surface area contributed by atoms with Gasteiger partial charge in [-0.3, -0.25) is 7.32 Å². The van der Waals surface area contributed by atoms with E-state index in [-0.39, 0.29) is 56.6 Å². The van der Waals surface area contributed by atoms with Crippen molar-refractivity contribution in [3.63, 3.8) is 0 Å². The molecular formula is C5H12BLi3O7. The van der Waals surface area contributed by atoms with Crippen LogP contribution < -0.4 is 71.7 Å². The second-order valence-corrected chi connectivity index (χ2v) is 2.42. The van der Waals surface area contributed by atoms with Crippen molar-refractivity contribution < 1.29 is 92.1 Å². The summed E-state index contributed by atoms with van der Waals surface area (Å²) in [5.41, 5.74) is -1.11. The van der Waals surface area contributed by atoms with E-state index in [0.29, 0.717) is 0 Å². The summed E-state index contributed by atoms with van der Waals surface area (Å²) in [6.07, 6.45) is 0. The van der Waals surface area contributed by atoms with Crippen molar-refractivity contribution in [3.8, 4) is 0 Å². The van der Waals surface area contributed by atoms with Gasteiger partial charge < -0.3 is 35.5 Å². The van der Waals surface area contributed by atoms with Crippen molar-refractivity contribution >= 4 is 7.32 Å². The first-order chi connectivity index (χ1) is 5.97. The summed E-state index contributed by atoms with van der Waals surface area (Å²) >= 11 is 0. The standard InChI is InChI=1S/C5H12O4.BO3.3Li/c6-1-5(2-7,3-8)4-9;2-1(3)4;;;/h6-9H,1-4H2;;;;/q;-3;3*+1. The molecule has 0 aromatic rings. The molecule has 80 valence electrons. The molecule has 0 unspecified atom stereocenters. The van der Waals surface area contributed by atoms with Gasteiger partial charge in [-0.15, -0.1) is 0 Å². The Kier molecular flexibility index (Phi) is 36.1. The Morgan fingerprint density at radius 3 is 0.812 bits per heavy atom. The summed E-state index contributed by atoms with van der Waals surface area (Å²) in [6.45, 7) is -1.62. The second-order valence-electron chi connectivity index (χ2n) is 2.42. The van der Waals surface area contributed by atoms with Crippen molar-refractivity contribution in [3.05, 3.63) is 0 Å². The first-order valence-electron chi connectivity index (χ1n) is 3.39. The first-order valence-corrected chi connectivity index (χ1v) is 3.39. The average Bonchev–Trinajstić information content (AvgIpc) is 2.09. The minimum Gasteiger partial charge on any atom is -0.907 e. The fourth-order valence-electron chi connectivity index (χ4n) is 0.300. The van der Waals surface area contributed by atoms with E-state index in [1.807, 2.05) is 0 Å². The molecule has 0 saturated heterocycles. The Morgan fingerprint density at radius 1 is 0.688 bits per heavy atom. The molecule has 0 atom stereocenters. The molecule has 0 radical (unpaired) electrons. The van der Waals surface area contributed by atoms with Gasteiger partial charge >= 0.3 is 56.6 Å². The molecule has 16 heavy (non-hydrogen) atoms. The van der Waals surface area contributed by atoms with Crippen LogP contribution in [-0.2, 0) is 0 Å². The molecule has 0 rings (SSSR count). The van der Waals surface area contributed by atoms with Gasteiger partial charge in [-0.1, -0.05) is 0 Å². The molecule has 0 saturated carbocycles. The van der Waals surface area contributed by atoms with E-state index < -0.39 is 39.2 Å². The molecule has 0 aliphatic rings. The summed E-state index contributed by atoms with van der Waals surface area (Å²) in [4.78, 5) is 0. The molecular weight excluding hydrogens is 204 g/mol. The topological polar surface area (TPSA) is 150 Å². The Balaban J connectivity index is -0.0000000511. The van der Waals surface area contributed by atoms with Gasteiger partial charge in [-0.05, 0) is 0 Å². The molecule has 7 nitrogen and oxygen atoms in total. The Bertz CT molecular complexity index is 95.9. The van der Waals surface area contributed by atoms with Crippen LogP contribution in [0.4, 0.5) is 0 Å². The summed E-state index contributed by atoms with van der Waals surface area (Å²) < 4.78 is 0. The van der Waals surface area contributed by atoms with Gasteiger partial charge in [0.2, 0.25) is 0 Å². The maximum absolute atomic E-state index is 8.50. The van der Waals surface area contributed by atoms with Crippen LogP contribution in [0.2, 0.25) is 0 Å². The van der Waals surface area contributed by atoms with Crippen molar-refractivity contribution in [2.45, 2.75) is 0 Å². The van der Waals surface area contributed by atoms with E-state index in [1.165, 1.54) is 0 Å². The third-order valence-corrected chi connectivity index (χ3v) is 1.34. The van der Waals surface area contributed by atoms with Crippen LogP contribution in [-0.4, -0.2) is 54.2 Å². The molecule has 0 spiro atoms. The van der Waals surface area contributed by atoms with E-state index in [0.717, 1.165) is 0 Å². The van der Waals surface area contributed by atoms with Crippen LogP contribution >= 0.6 is 0 Å². The normalized spacial score (nSPS) is 8.44. The predicted molar refractivity (Wildman–Crippen MR) is 36.5 cm³/mol. The monoisotopic (exact) mass is 216 g/mol. The average molecular weight is 216 g/mol. The van der Waals surface area contributed by atoms with Gasteiger partial charge in [0.1, 0.15) is 0 Å². The maximum atomic E-state index is 8.50. The van der Waals surface area contributed by atoms with Crippen molar-refractivity contribution in [2.24, 2.45) is 5.41 Å². The van der Waals surface area contributed by atoms with Crippen LogP contribution in [0.5, 0.6) is 0 Å². The minimum absolute atomic E-state index is 0. The predicted octanol–water partition coefficient (Wildman–Crippen LogP) is -15.0. The molecule has 0 bridgehead atoms. The number of hydrogen-bond donors (Lipinski definition) is 4. The number of aliphatic hydroxyl groups is 4. The van der Waals surface area contributed by atoms with Crippen molar-refractivity contribution in [2.75, 3.05) is 26.4 Å². The number of hydrogen-bond acceptors (Lipinski definition) is 7. The Labute approximate surface area is 131 Å². The molecule has 0 aromatic heterocycles. The van der Waals surface area contributed by atoms with Gasteiger partial charge in [0.15, 0.2) is 0 Å². The zero-order chi connectivity index (χ0) is 10.9. The second kappa shape index (κ2) is 18.9. The maximum Gasteiger partial charge on any atom is 1.00 e. The van der Waals surface area contributed by atoms with E-state index >= 15 is 0 Å². The van der Waals surface area contributed by atoms with Crippen LogP contribution in [0.3, 0.4) is 0 Å². The zero-order valence-corrected chi connectivity index (χ0v) is 9.92. The molecule has 4 N–H and O–H groups in total. The first kappa shape index (κ1) is 30.5. The summed E-state index contributed by atoms with van der Waals surface area (Å²) in [5, 5.41) is 59.2. The number of aliphatic hydroxyl groups excluding tert-OH is 4. The van der Waals surface area contributed by atoms with Crippen molar-refractivity contribution in [1.29, 1.82) is 0 Å². The van der Waals surface area contributed by atoms with E-state index in [9.17, 15) is 0 Å². The molecule has 0 aliphatic heterocycles. The molecule has 0 aromatic carbocycles. The summed E-state index contributed by atoms with van der Waals surface area (Å²) in [7, 11) is -2.92. The van der Waals surface area contributed by atoms with Crippen LogP contribution in [0.1, 0.15) is 0 Å². The fraction of sp³-hybridized carbons (Fsp3) is 1.00. The largest absolute Gasteiger partial charge is 1.00 e. The smallest absolute Gasteiger partial charge is 0.907 e. The zero-order valence-electron chi connectivity index (χ0n) is 9.92. The quantitative estimate of drug-likeness (QED) is 0.340. The summed E-state index contributed by atoms with van der Waals surface area (Å²) in [5.74, 6) is 0. The Hall–Kier alpha value is 1.58. The molecule has 0 fully saturated rings. The van der Waals surface area contributed by atoms with Gasteiger partial charge in [-0.25, -0.2) is 0 Å². The molecule has 0 amide bonds. The van der Waals surface area contributed by atoms with E-state index in [2.05, 4.69) is 0 Å². The third-order valence-electron chi connectivity index (χ3n) is 1.34. The van der Waals surface area contributed by atoms with Gasteiger partial charge in [0.05, 0.1) is 31.8 Å². The Morgan fingerprint density at radius 2 is 0.812 bits per heavy atom. The molecule has 11 heteroatoms. The van der Waals surface area contributed by atoms with Crippen LogP contribution in [0.15, 0.2) is 0 Å². The fourth-order valence-corrected chi connectivity index (χ4v) is 0.300. The SMILES string of the molecule is OCC(CO)(CO)CO.[Li+].[Li+].[Li+].[O-]B([O-])[O-]. The van der Waals surface area contributed by atoms with Crippen LogP contribution in [0, 0.1) is 5.41 Å². The third kappa shape index (κ3) is 18.0. The van der Waals surface area contributed by atoms with E-state index in [1.54, 1.807) is 0 Å². The summed E-state index contributed by atoms with van der Waals surface area (Å²) in [6, 6.07) is 0. The van der Waals surface area contributed by atoms with E-state index in [4.69, 9.17) is 35.5 Å². The number of rotatable bonds is 4. The van der Waals surface area contributed by atoms with Gasteiger partial charge in [0.25, 0.3) is 0 Å². The van der Waals surface area contributed by atoms with Crippen molar-refractivity contribution in [1.82, 2.24) is 0 Å². The van der Waals surface area contributed by atoms with Gasteiger partial charge in [0, 0.05) is 0 Å². The molecule has 0 aliphatic carbocycles. The van der Waals surface area contributed by atoms with Gasteiger partial charge in [-0.2, -0.15) is 0 Å².